The number of carbonyl (C=O) groups excluding carboxylic acids is 1. The highest BCUT2D eigenvalue weighted by molar-refractivity contribution is 7.81. The molecule has 0 aliphatic rings. The molecule has 0 bridgehead atoms. The fourth-order valence-electron chi connectivity index (χ4n) is 1.16. The number of carboxylic acids is 2. The molecular formula is C10H17N3O5S2. The Labute approximate surface area is 126 Å². The molecule has 10 heteroatoms. The summed E-state index contributed by atoms with van der Waals surface area (Å²) >= 11 is 8.94. The molecule has 20 heavy (non-hydrogen) atoms. The number of nitrogens with two attached hydrogens (primary N) is 1. The number of amides is 1. The quantitative estimate of drug-likeness (QED) is 0.225. The van der Waals surface area contributed by atoms with Crippen LogP contribution in [0.3, 0.4) is 0 Å². The fraction of sp³-hybridized carbons (Fsp3) is 0.600. The van der Waals surface area contributed by atoms with Crippen LogP contribution in [0.5, 0.6) is 0 Å². The Balaban J connectivity index is 4.21. The van der Waals surface area contributed by atoms with E-state index in [9.17, 15) is 14.4 Å². The van der Waals surface area contributed by atoms with Gasteiger partial charge in [0.05, 0.1) is 11.0 Å². The smallest absolute Gasteiger partial charge is 0.322 e. The molecule has 0 rings (SSSR count). The zero-order valence-electron chi connectivity index (χ0n) is 10.5. The van der Waals surface area contributed by atoms with E-state index in [4.69, 9.17) is 28.2 Å². The third kappa shape index (κ3) is 7.92. The highest BCUT2D eigenvalue weighted by atomic mass is 32.1. The van der Waals surface area contributed by atoms with Crippen molar-refractivity contribution in [2.45, 2.75) is 24.9 Å². The summed E-state index contributed by atoms with van der Waals surface area (Å²) < 4.78 is 0. The van der Waals surface area contributed by atoms with Crippen molar-refractivity contribution in [3.63, 3.8) is 0 Å². The summed E-state index contributed by atoms with van der Waals surface area (Å²) in [6, 6.07) is -1.73. The normalized spacial score (nSPS) is 13.1. The third-order valence-electron chi connectivity index (χ3n) is 2.25. The van der Waals surface area contributed by atoms with Crippen LogP contribution < -0.4 is 16.4 Å². The Morgan fingerprint density at radius 1 is 1.30 bits per heavy atom. The maximum absolute atomic E-state index is 11.6. The minimum atomic E-state index is -1.18. The van der Waals surface area contributed by atoms with Crippen molar-refractivity contribution < 1.29 is 24.6 Å². The van der Waals surface area contributed by atoms with Crippen LogP contribution in [0.1, 0.15) is 12.8 Å². The Morgan fingerprint density at radius 2 is 1.90 bits per heavy atom. The van der Waals surface area contributed by atoms with E-state index in [1.807, 2.05) is 0 Å². The molecule has 6 N–H and O–H groups in total. The highest BCUT2D eigenvalue weighted by Crippen LogP contribution is 1.98. The van der Waals surface area contributed by atoms with Gasteiger partial charge in [-0.05, 0) is 6.42 Å². The monoisotopic (exact) mass is 323 g/mol. The largest absolute Gasteiger partial charge is 0.480 e. The number of carboxylic acid groups (broad SMARTS) is 2. The van der Waals surface area contributed by atoms with Crippen molar-refractivity contribution in [3.05, 3.63) is 0 Å². The molecule has 0 radical (unpaired) electrons. The van der Waals surface area contributed by atoms with Crippen LogP contribution in [0.15, 0.2) is 0 Å². The van der Waals surface area contributed by atoms with Crippen molar-refractivity contribution >= 4 is 47.7 Å². The van der Waals surface area contributed by atoms with Crippen molar-refractivity contribution in [3.8, 4) is 0 Å². The van der Waals surface area contributed by atoms with Gasteiger partial charge in [0.15, 0.2) is 0 Å². The zero-order chi connectivity index (χ0) is 15.7. The number of aliphatic carboxylic acids is 2. The second-order valence-corrected chi connectivity index (χ2v) is 4.70. The standard InChI is InChI=1S/C10H17N3O5S2/c11-5(10(17)18)1-2-7(14)13-6(4-19)9(20)12-3-8(15)16/h5-6,19H,1-4,11H2,(H,12,20)(H,13,14)(H,15,16)(H,17,18)/t5?,6-/m0/s1. The molecule has 0 saturated heterocycles. The molecule has 0 aromatic heterocycles. The Morgan fingerprint density at radius 3 is 2.35 bits per heavy atom. The Bertz CT molecular complexity index is 391. The molecule has 1 unspecified atom stereocenters. The SMILES string of the molecule is NC(CCC(=O)N[C@@H](CS)C(=S)NCC(=O)O)C(=O)O. The first kappa shape index (κ1) is 18.6. The first-order chi connectivity index (χ1) is 9.27. The molecule has 1 amide bonds. The second-order valence-electron chi connectivity index (χ2n) is 3.90. The molecule has 8 nitrogen and oxygen atoms in total. The van der Waals surface area contributed by atoms with Crippen LogP contribution in [0.25, 0.3) is 0 Å². The van der Waals surface area contributed by atoms with Crippen molar-refractivity contribution in [2.75, 3.05) is 12.3 Å². The van der Waals surface area contributed by atoms with Gasteiger partial charge >= 0.3 is 11.9 Å². The van der Waals surface area contributed by atoms with Crippen LogP contribution in [0, 0.1) is 0 Å². The Kier molecular flexibility index (Phi) is 8.84. The molecule has 0 aromatic carbocycles. The van der Waals surface area contributed by atoms with Gasteiger partial charge in [0.25, 0.3) is 0 Å². The van der Waals surface area contributed by atoms with Gasteiger partial charge in [-0.25, -0.2) is 0 Å². The van der Waals surface area contributed by atoms with Crippen LogP contribution >= 0.6 is 24.8 Å². The lowest BCUT2D eigenvalue weighted by Gasteiger charge is -2.18. The van der Waals surface area contributed by atoms with Gasteiger partial charge < -0.3 is 26.6 Å². The van der Waals surface area contributed by atoms with Crippen molar-refractivity contribution in [1.29, 1.82) is 0 Å². The predicted molar refractivity (Wildman–Crippen MR) is 78.9 cm³/mol. The summed E-state index contributed by atoms with van der Waals surface area (Å²) in [6.45, 7) is -0.358. The molecule has 0 aliphatic carbocycles. The predicted octanol–water partition coefficient (Wildman–Crippen LogP) is -1.41. The lowest BCUT2D eigenvalue weighted by Crippen LogP contribution is -2.48. The van der Waals surface area contributed by atoms with E-state index < -0.39 is 29.9 Å². The van der Waals surface area contributed by atoms with Gasteiger partial charge in [-0.3, -0.25) is 14.4 Å². The van der Waals surface area contributed by atoms with Crippen LogP contribution in [0.4, 0.5) is 0 Å². The lowest BCUT2D eigenvalue weighted by atomic mass is 10.1. The molecule has 0 aromatic rings. The van der Waals surface area contributed by atoms with Crippen molar-refractivity contribution in [1.82, 2.24) is 10.6 Å². The van der Waals surface area contributed by atoms with Crippen LogP contribution in [-0.2, 0) is 14.4 Å². The minimum Gasteiger partial charge on any atom is -0.480 e. The third-order valence-corrected chi connectivity index (χ3v) is 3.04. The van der Waals surface area contributed by atoms with E-state index in [0.717, 1.165) is 0 Å². The van der Waals surface area contributed by atoms with E-state index in [1.54, 1.807) is 0 Å². The van der Waals surface area contributed by atoms with E-state index >= 15 is 0 Å². The van der Waals surface area contributed by atoms with Gasteiger partial charge in [-0.2, -0.15) is 12.6 Å². The fourth-order valence-corrected chi connectivity index (χ4v) is 1.77. The second kappa shape index (κ2) is 9.50. The van der Waals surface area contributed by atoms with Gasteiger partial charge in [-0.15, -0.1) is 0 Å². The average molecular weight is 323 g/mol. The number of hydrogen-bond acceptors (Lipinski definition) is 6. The molecular weight excluding hydrogens is 306 g/mol. The average Bonchev–Trinajstić information content (AvgIpc) is 2.38. The first-order valence-electron chi connectivity index (χ1n) is 5.66. The number of hydrogen-bond donors (Lipinski definition) is 6. The number of thiol groups is 1. The molecule has 0 saturated carbocycles. The highest BCUT2D eigenvalue weighted by Gasteiger charge is 2.18. The van der Waals surface area contributed by atoms with Crippen molar-refractivity contribution in [2.24, 2.45) is 5.73 Å². The summed E-state index contributed by atoms with van der Waals surface area (Å²) in [6.07, 6.45) is -0.0743. The minimum absolute atomic E-state index is 0.00419. The molecule has 114 valence electrons. The maximum Gasteiger partial charge on any atom is 0.322 e. The summed E-state index contributed by atoms with van der Waals surface area (Å²) in [4.78, 5) is 32.6. The van der Waals surface area contributed by atoms with Gasteiger partial charge in [-0.1, -0.05) is 12.2 Å². The van der Waals surface area contributed by atoms with Gasteiger partial charge in [0, 0.05) is 12.2 Å². The van der Waals surface area contributed by atoms with Gasteiger partial charge in [0.2, 0.25) is 5.91 Å². The lowest BCUT2D eigenvalue weighted by molar-refractivity contribution is -0.139. The Hall–Kier alpha value is -1.39. The molecule has 0 spiro atoms. The number of carbonyl (C=O) groups is 3. The number of nitrogens with one attached hydrogen (secondary N) is 2. The van der Waals surface area contributed by atoms with E-state index in [-0.39, 0.29) is 30.1 Å². The number of thiocarbonyl (C=S) groups is 1. The first-order valence-corrected chi connectivity index (χ1v) is 6.70. The summed E-state index contributed by atoms with van der Waals surface area (Å²) in [5.41, 5.74) is 5.27. The van der Waals surface area contributed by atoms with E-state index in [2.05, 4.69) is 23.3 Å². The molecule has 0 aliphatic heterocycles. The topological polar surface area (TPSA) is 142 Å². The zero-order valence-corrected chi connectivity index (χ0v) is 12.2. The molecule has 0 fully saturated rings. The van der Waals surface area contributed by atoms with E-state index in [0.29, 0.717) is 0 Å². The van der Waals surface area contributed by atoms with Gasteiger partial charge in [0.1, 0.15) is 12.6 Å². The summed E-state index contributed by atoms with van der Waals surface area (Å²) in [5.74, 6) is -2.51. The number of rotatable bonds is 9. The van der Waals surface area contributed by atoms with Crippen LogP contribution in [0.2, 0.25) is 0 Å². The summed E-state index contributed by atoms with van der Waals surface area (Å²) in [5, 5.41) is 22.1. The maximum atomic E-state index is 11.6. The van der Waals surface area contributed by atoms with E-state index in [1.165, 1.54) is 0 Å². The molecule has 2 atom stereocenters. The van der Waals surface area contributed by atoms with Crippen LogP contribution in [-0.4, -0.2) is 57.4 Å². The summed E-state index contributed by atoms with van der Waals surface area (Å²) in [7, 11) is 0. The molecule has 0 heterocycles.